The van der Waals surface area contributed by atoms with Crippen molar-refractivity contribution in [1.82, 2.24) is 0 Å². The molecule has 2 nitrogen and oxygen atoms in total. The van der Waals surface area contributed by atoms with Gasteiger partial charge in [0.15, 0.2) is 0 Å². The van der Waals surface area contributed by atoms with Gasteiger partial charge in [-0.1, -0.05) is 31.9 Å². The molecule has 0 aliphatic heterocycles. The summed E-state index contributed by atoms with van der Waals surface area (Å²) in [6, 6.07) is 7.97. The summed E-state index contributed by atoms with van der Waals surface area (Å²) in [6.07, 6.45) is 1.14. The fraction of sp³-hybridized carbons (Fsp3) is 0.500. The summed E-state index contributed by atoms with van der Waals surface area (Å²) in [6.45, 7) is 7.07. The van der Waals surface area contributed by atoms with Gasteiger partial charge in [-0.3, -0.25) is 4.99 Å². The molecular formula is C14H21ClN2S. The normalized spacial score (nSPS) is 15.4. The third kappa shape index (κ3) is 5.32. The molecular weight excluding hydrogens is 264 g/mol. The molecule has 0 radical (unpaired) electrons. The van der Waals surface area contributed by atoms with E-state index in [1.54, 1.807) is 0 Å². The maximum atomic E-state index is 5.89. The molecule has 0 heterocycles. The van der Waals surface area contributed by atoms with Crippen LogP contribution in [0.3, 0.4) is 0 Å². The summed E-state index contributed by atoms with van der Waals surface area (Å²) >= 11 is 7.74. The molecule has 4 heteroatoms. The summed E-state index contributed by atoms with van der Waals surface area (Å²) < 4.78 is 0. The Bertz CT molecular complexity index is 385. The first-order valence-corrected chi connectivity index (χ1v) is 7.47. The number of rotatable bonds is 6. The molecule has 0 aliphatic carbocycles. The fourth-order valence-electron chi connectivity index (χ4n) is 1.52. The van der Waals surface area contributed by atoms with Crippen molar-refractivity contribution < 1.29 is 0 Å². The Morgan fingerprint density at radius 3 is 2.50 bits per heavy atom. The molecule has 0 spiro atoms. The van der Waals surface area contributed by atoms with E-state index in [9.17, 15) is 0 Å². The lowest BCUT2D eigenvalue weighted by Gasteiger charge is -2.21. The van der Waals surface area contributed by atoms with Crippen LogP contribution in [0, 0.1) is 5.92 Å². The Morgan fingerprint density at radius 2 is 2.00 bits per heavy atom. The van der Waals surface area contributed by atoms with Crippen LogP contribution in [0.4, 0.5) is 0 Å². The largest absolute Gasteiger partial charge is 0.388 e. The van der Waals surface area contributed by atoms with Gasteiger partial charge in [-0.25, -0.2) is 0 Å². The van der Waals surface area contributed by atoms with Crippen molar-refractivity contribution in [2.24, 2.45) is 16.6 Å². The second-order valence-corrected chi connectivity index (χ2v) is 6.23. The summed E-state index contributed by atoms with van der Waals surface area (Å²) in [4.78, 5) is 5.59. The van der Waals surface area contributed by atoms with Crippen LogP contribution in [-0.2, 0) is 0 Å². The highest BCUT2D eigenvalue weighted by atomic mass is 35.5. The molecule has 100 valence electrons. The highest BCUT2D eigenvalue weighted by molar-refractivity contribution is 8.00. The van der Waals surface area contributed by atoms with Crippen LogP contribution in [0.5, 0.6) is 0 Å². The average molecular weight is 285 g/mol. The minimum atomic E-state index is 0.453. The Hall–Kier alpha value is -0.670. The second kappa shape index (κ2) is 7.70. The molecule has 18 heavy (non-hydrogen) atoms. The molecule has 0 fully saturated rings. The van der Waals surface area contributed by atoms with Crippen molar-refractivity contribution in [2.75, 3.05) is 6.54 Å². The van der Waals surface area contributed by atoms with Crippen LogP contribution in [0.15, 0.2) is 34.2 Å². The maximum absolute atomic E-state index is 5.89. The van der Waals surface area contributed by atoms with Crippen molar-refractivity contribution in [3.63, 3.8) is 0 Å². The number of nitrogens with two attached hydrogens (primary N) is 1. The van der Waals surface area contributed by atoms with Gasteiger partial charge < -0.3 is 5.73 Å². The third-order valence-corrected chi connectivity index (χ3v) is 4.61. The minimum absolute atomic E-state index is 0.453. The van der Waals surface area contributed by atoms with Crippen LogP contribution in [0.1, 0.15) is 27.2 Å². The van der Waals surface area contributed by atoms with Crippen molar-refractivity contribution in [1.29, 1.82) is 0 Å². The van der Waals surface area contributed by atoms with Crippen LogP contribution < -0.4 is 5.73 Å². The van der Waals surface area contributed by atoms with E-state index >= 15 is 0 Å². The van der Waals surface area contributed by atoms with Crippen LogP contribution >= 0.6 is 23.4 Å². The van der Waals surface area contributed by atoms with Crippen LogP contribution in [0.2, 0.25) is 5.02 Å². The molecule has 2 atom stereocenters. The van der Waals surface area contributed by atoms with Gasteiger partial charge in [0.2, 0.25) is 0 Å². The molecule has 0 aliphatic rings. The van der Waals surface area contributed by atoms with E-state index in [0.717, 1.165) is 18.0 Å². The number of amidine groups is 1. The number of hydrogen-bond donors (Lipinski definition) is 1. The predicted octanol–water partition coefficient (Wildman–Crippen LogP) is 4.22. The monoisotopic (exact) mass is 284 g/mol. The van der Waals surface area contributed by atoms with E-state index in [0.29, 0.717) is 17.0 Å². The van der Waals surface area contributed by atoms with Crippen molar-refractivity contribution in [2.45, 2.75) is 37.3 Å². The van der Waals surface area contributed by atoms with E-state index in [2.05, 4.69) is 31.0 Å². The first-order chi connectivity index (χ1) is 8.52. The third-order valence-electron chi connectivity index (χ3n) is 2.90. The number of benzene rings is 1. The van der Waals surface area contributed by atoms with Crippen molar-refractivity contribution in [3.8, 4) is 0 Å². The summed E-state index contributed by atoms with van der Waals surface area (Å²) in [5.74, 6) is 1.26. The highest BCUT2D eigenvalue weighted by Crippen LogP contribution is 2.30. The number of thioether (sulfide) groups is 1. The predicted molar refractivity (Wildman–Crippen MR) is 82.7 cm³/mol. The van der Waals surface area contributed by atoms with Gasteiger partial charge in [0.05, 0.1) is 12.4 Å². The van der Waals surface area contributed by atoms with Gasteiger partial charge in [0.1, 0.15) is 0 Å². The van der Waals surface area contributed by atoms with Gasteiger partial charge in [0, 0.05) is 15.2 Å². The van der Waals surface area contributed by atoms with Gasteiger partial charge in [-0.15, -0.1) is 11.8 Å². The van der Waals surface area contributed by atoms with Crippen molar-refractivity contribution in [3.05, 3.63) is 29.3 Å². The van der Waals surface area contributed by atoms with Crippen LogP contribution in [-0.4, -0.2) is 17.6 Å². The molecule has 0 bridgehead atoms. The molecule has 1 rings (SSSR count). The fourth-order valence-corrected chi connectivity index (χ4v) is 2.86. The molecule has 0 aromatic heterocycles. The van der Waals surface area contributed by atoms with Gasteiger partial charge in [-0.05, 0) is 37.1 Å². The lowest BCUT2D eigenvalue weighted by Crippen LogP contribution is -2.19. The molecule has 2 N–H and O–H groups in total. The Labute approximate surface area is 119 Å². The Morgan fingerprint density at radius 1 is 1.39 bits per heavy atom. The lowest BCUT2D eigenvalue weighted by atomic mass is 10.1. The molecule has 1 aromatic carbocycles. The van der Waals surface area contributed by atoms with E-state index in [1.165, 1.54) is 4.90 Å². The number of hydrogen-bond acceptors (Lipinski definition) is 2. The lowest BCUT2D eigenvalue weighted by molar-refractivity contribution is 0.539. The van der Waals surface area contributed by atoms with Gasteiger partial charge >= 0.3 is 0 Å². The quantitative estimate of drug-likeness (QED) is 0.482. The molecule has 0 saturated carbocycles. The van der Waals surface area contributed by atoms with E-state index in [-0.39, 0.29) is 0 Å². The van der Waals surface area contributed by atoms with Crippen LogP contribution in [0.25, 0.3) is 0 Å². The van der Waals surface area contributed by atoms with E-state index in [4.69, 9.17) is 17.3 Å². The van der Waals surface area contributed by atoms with E-state index < -0.39 is 0 Å². The standard InChI is InChI=1S/C14H21ClN2S/c1-4-10(2)14(9-17-11(3)16)18-13-7-5-12(15)6-8-13/h5-8,10,14H,4,9H2,1-3H3,(H2,16,17)/t10-,14?/m0/s1. The number of nitrogens with zero attached hydrogens (tertiary/aromatic N) is 1. The zero-order chi connectivity index (χ0) is 13.5. The second-order valence-electron chi connectivity index (χ2n) is 4.48. The van der Waals surface area contributed by atoms with E-state index in [1.807, 2.05) is 30.8 Å². The Balaban J connectivity index is 2.71. The topological polar surface area (TPSA) is 38.4 Å². The first kappa shape index (κ1) is 15.4. The van der Waals surface area contributed by atoms with Gasteiger partial charge in [-0.2, -0.15) is 0 Å². The maximum Gasteiger partial charge on any atom is 0.0906 e. The zero-order valence-corrected chi connectivity index (χ0v) is 12.8. The minimum Gasteiger partial charge on any atom is -0.388 e. The number of halogens is 1. The number of aliphatic imine (C=N–C) groups is 1. The molecule has 1 unspecified atom stereocenters. The first-order valence-electron chi connectivity index (χ1n) is 6.21. The molecule has 0 amide bonds. The highest BCUT2D eigenvalue weighted by Gasteiger charge is 2.16. The zero-order valence-electron chi connectivity index (χ0n) is 11.2. The smallest absolute Gasteiger partial charge is 0.0906 e. The van der Waals surface area contributed by atoms with Gasteiger partial charge in [0.25, 0.3) is 0 Å². The molecule has 1 aromatic rings. The average Bonchev–Trinajstić information content (AvgIpc) is 2.35. The molecule has 0 saturated heterocycles. The summed E-state index contributed by atoms with van der Waals surface area (Å²) in [5.41, 5.74) is 5.62. The van der Waals surface area contributed by atoms with Crippen molar-refractivity contribution >= 4 is 29.2 Å². The summed E-state index contributed by atoms with van der Waals surface area (Å²) in [5, 5.41) is 1.23. The SMILES string of the molecule is CC[C@H](C)C(CN=C(C)N)Sc1ccc(Cl)cc1. The summed E-state index contributed by atoms with van der Waals surface area (Å²) in [7, 11) is 0. The Kier molecular flexibility index (Phi) is 6.58.